The van der Waals surface area contributed by atoms with E-state index in [2.05, 4.69) is 32.9 Å². The van der Waals surface area contributed by atoms with Crippen LogP contribution in [0.1, 0.15) is 18.1 Å². The van der Waals surface area contributed by atoms with E-state index >= 15 is 0 Å². The Hall–Kier alpha value is -2.93. The molecule has 1 aliphatic rings. The highest BCUT2D eigenvalue weighted by Gasteiger charge is 2.23. The summed E-state index contributed by atoms with van der Waals surface area (Å²) in [5, 5.41) is 13.5. The van der Waals surface area contributed by atoms with Gasteiger partial charge in [-0.2, -0.15) is 4.99 Å². The Morgan fingerprint density at radius 2 is 2.03 bits per heavy atom. The van der Waals surface area contributed by atoms with Crippen LogP contribution in [-0.2, 0) is 16.2 Å². The van der Waals surface area contributed by atoms with Crippen LogP contribution in [0.25, 0.3) is 6.08 Å². The van der Waals surface area contributed by atoms with E-state index in [1.54, 1.807) is 24.3 Å². The fourth-order valence-electron chi connectivity index (χ4n) is 2.60. The van der Waals surface area contributed by atoms with Gasteiger partial charge >= 0.3 is 0 Å². The summed E-state index contributed by atoms with van der Waals surface area (Å²) in [6.45, 7) is 1.55. The van der Waals surface area contributed by atoms with Gasteiger partial charge in [0.05, 0.1) is 20.5 Å². The van der Waals surface area contributed by atoms with E-state index in [9.17, 15) is 19.7 Å². The van der Waals surface area contributed by atoms with E-state index in [-0.39, 0.29) is 23.4 Å². The molecule has 0 bridgehead atoms. The van der Waals surface area contributed by atoms with E-state index in [0.717, 1.165) is 20.9 Å². The van der Waals surface area contributed by atoms with Gasteiger partial charge in [0.15, 0.2) is 16.7 Å². The van der Waals surface area contributed by atoms with Gasteiger partial charge in [0.2, 0.25) is 5.91 Å². The number of hydrogen-bond acceptors (Lipinski definition) is 7. The average molecular weight is 553 g/mol. The molecule has 9 nitrogen and oxygen atoms in total. The number of hydrogen-bond donors (Lipinski definition) is 1. The summed E-state index contributed by atoms with van der Waals surface area (Å²) in [5.74, 6) is 0.260. The number of amidine groups is 1. The van der Waals surface area contributed by atoms with Crippen molar-refractivity contribution < 1.29 is 24.0 Å². The molecule has 0 saturated heterocycles. The van der Waals surface area contributed by atoms with Gasteiger partial charge in [0, 0.05) is 19.1 Å². The molecule has 2 amide bonds. The normalized spacial score (nSPS) is 14.4. The molecule has 1 aliphatic heterocycles. The number of amides is 2. The number of thioether (sulfide) groups is 1. The summed E-state index contributed by atoms with van der Waals surface area (Å²) < 4.78 is 12.1. The van der Waals surface area contributed by atoms with Crippen molar-refractivity contribution in [3.63, 3.8) is 0 Å². The fraction of sp³-hybridized carbons (Fsp3) is 0.150. The number of nitro benzene ring substituents is 1. The van der Waals surface area contributed by atoms with Crippen LogP contribution in [0.5, 0.6) is 11.5 Å². The third-order valence-electron chi connectivity index (χ3n) is 3.98. The van der Waals surface area contributed by atoms with Gasteiger partial charge in [-0.3, -0.25) is 19.7 Å². The molecule has 0 saturated carbocycles. The van der Waals surface area contributed by atoms with Crippen molar-refractivity contribution >= 4 is 63.1 Å². The maximum absolute atomic E-state index is 12.1. The standard InChI is InChI=1S/C20H16IN3O6S/c1-11(25)22-20-23-19(26)17(31-20)9-13-7-15(21)18(16(8-13)29-2)30-10-12-3-5-14(6-4-12)24(27)28/h3-9H,10H2,1-2H3,(H,22,23,25,26)/b17-9-. The van der Waals surface area contributed by atoms with Crippen LogP contribution in [0.4, 0.5) is 5.69 Å². The molecule has 1 N–H and O–H groups in total. The number of nitrogens with one attached hydrogen (secondary N) is 1. The fourth-order valence-corrected chi connectivity index (χ4v) is 4.24. The molecule has 0 aliphatic carbocycles. The highest BCUT2D eigenvalue weighted by molar-refractivity contribution is 14.1. The first kappa shape index (κ1) is 22.7. The molecule has 11 heteroatoms. The van der Waals surface area contributed by atoms with Crippen molar-refractivity contribution in [3.8, 4) is 11.5 Å². The molecule has 0 fully saturated rings. The lowest BCUT2D eigenvalue weighted by Gasteiger charge is -2.14. The number of nitrogens with zero attached hydrogens (tertiary/aromatic N) is 2. The summed E-state index contributed by atoms with van der Waals surface area (Å²) in [6, 6.07) is 9.65. The Bertz CT molecular complexity index is 1110. The van der Waals surface area contributed by atoms with E-state index in [1.165, 1.54) is 26.2 Å². The van der Waals surface area contributed by atoms with E-state index < -0.39 is 10.8 Å². The third kappa shape index (κ3) is 5.82. The van der Waals surface area contributed by atoms with Crippen molar-refractivity contribution in [2.75, 3.05) is 7.11 Å². The smallest absolute Gasteiger partial charge is 0.286 e. The summed E-state index contributed by atoms with van der Waals surface area (Å²) in [4.78, 5) is 37.7. The molecule has 1 heterocycles. The minimum atomic E-state index is -0.457. The largest absolute Gasteiger partial charge is 0.493 e. The van der Waals surface area contributed by atoms with E-state index in [1.807, 2.05) is 6.07 Å². The molecule has 2 aromatic rings. The first-order valence-electron chi connectivity index (χ1n) is 8.80. The maximum Gasteiger partial charge on any atom is 0.286 e. The van der Waals surface area contributed by atoms with Crippen LogP contribution >= 0.6 is 34.4 Å². The van der Waals surface area contributed by atoms with E-state index in [0.29, 0.717) is 22.0 Å². The van der Waals surface area contributed by atoms with Crippen molar-refractivity contribution in [3.05, 3.63) is 66.1 Å². The molecule has 0 spiro atoms. The van der Waals surface area contributed by atoms with Crippen LogP contribution in [0.3, 0.4) is 0 Å². The predicted molar refractivity (Wildman–Crippen MR) is 125 cm³/mol. The van der Waals surface area contributed by atoms with Crippen molar-refractivity contribution in [2.45, 2.75) is 13.5 Å². The lowest BCUT2D eigenvalue weighted by molar-refractivity contribution is -0.384. The predicted octanol–water partition coefficient (Wildman–Crippen LogP) is 3.89. The topological polar surface area (TPSA) is 120 Å². The number of carbonyl (C=O) groups excluding carboxylic acids is 2. The number of benzene rings is 2. The minimum Gasteiger partial charge on any atom is -0.493 e. The molecule has 0 atom stereocenters. The molecular formula is C20H16IN3O6S. The zero-order valence-electron chi connectivity index (χ0n) is 16.4. The molecular weight excluding hydrogens is 537 g/mol. The SMILES string of the molecule is COc1cc(/C=C2\SC(NC(C)=O)=NC2=O)cc(I)c1OCc1ccc([N+](=O)[O-])cc1. The number of nitro groups is 1. The Balaban J connectivity index is 1.77. The second-order valence-electron chi connectivity index (χ2n) is 6.26. The van der Waals surface area contributed by atoms with Gasteiger partial charge in [-0.05, 0) is 75.8 Å². The minimum absolute atomic E-state index is 0.0123. The first-order valence-corrected chi connectivity index (χ1v) is 10.7. The lowest BCUT2D eigenvalue weighted by Crippen LogP contribution is -2.23. The van der Waals surface area contributed by atoms with Crippen LogP contribution in [0.15, 0.2) is 46.3 Å². The number of methoxy groups -OCH3 is 1. The van der Waals surface area contributed by atoms with Gasteiger partial charge in [-0.1, -0.05) is 0 Å². The lowest BCUT2D eigenvalue weighted by atomic mass is 10.1. The Kier molecular flexibility index (Phi) is 7.28. The summed E-state index contributed by atoms with van der Waals surface area (Å²) in [7, 11) is 1.51. The zero-order chi connectivity index (χ0) is 22.5. The van der Waals surface area contributed by atoms with Crippen LogP contribution in [-0.4, -0.2) is 29.0 Å². The molecule has 31 heavy (non-hydrogen) atoms. The monoisotopic (exact) mass is 553 g/mol. The van der Waals surface area contributed by atoms with Crippen molar-refractivity contribution in [1.29, 1.82) is 0 Å². The summed E-state index contributed by atoms with van der Waals surface area (Å²) in [5.41, 5.74) is 1.49. The Labute approximate surface area is 195 Å². The van der Waals surface area contributed by atoms with E-state index in [4.69, 9.17) is 9.47 Å². The van der Waals surface area contributed by atoms with Gasteiger partial charge in [-0.25, -0.2) is 0 Å². The second-order valence-corrected chi connectivity index (χ2v) is 8.45. The van der Waals surface area contributed by atoms with Crippen LogP contribution < -0.4 is 14.8 Å². The first-order chi connectivity index (χ1) is 14.8. The second kappa shape index (κ2) is 9.92. The van der Waals surface area contributed by atoms with Gasteiger partial charge in [0.25, 0.3) is 11.6 Å². The van der Waals surface area contributed by atoms with Crippen LogP contribution in [0.2, 0.25) is 0 Å². The Morgan fingerprint density at radius 3 is 2.65 bits per heavy atom. The van der Waals surface area contributed by atoms with Crippen molar-refractivity contribution in [1.82, 2.24) is 5.32 Å². The maximum atomic E-state index is 12.1. The molecule has 160 valence electrons. The highest BCUT2D eigenvalue weighted by atomic mass is 127. The number of non-ortho nitro benzene ring substituents is 1. The quantitative estimate of drug-likeness (QED) is 0.250. The van der Waals surface area contributed by atoms with Gasteiger partial charge in [-0.15, -0.1) is 0 Å². The zero-order valence-corrected chi connectivity index (χ0v) is 19.4. The van der Waals surface area contributed by atoms with Gasteiger partial charge < -0.3 is 14.8 Å². The highest BCUT2D eigenvalue weighted by Crippen LogP contribution is 2.36. The third-order valence-corrected chi connectivity index (χ3v) is 5.68. The number of rotatable bonds is 6. The molecule has 3 rings (SSSR count). The van der Waals surface area contributed by atoms with Crippen LogP contribution in [0, 0.1) is 13.7 Å². The average Bonchev–Trinajstić information content (AvgIpc) is 3.04. The van der Waals surface area contributed by atoms with Crippen molar-refractivity contribution in [2.24, 2.45) is 4.99 Å². The molecule has 0 unspecified atom stereocenters. The number of ether oxygens (including phenoxy) is 2. The molecule has 0 aromatic heterocycles. The number of carbonyl (C=O) groups is 2. The number of halogens is 1. The summed E-state index contributed by atoms with van der Waals surface area (Å²) in [6.07, 6.45) is 1.66. The molecule has 2 aromatic carbocycles. The summed E-state index contributed by atoms with van der Waals surface area (Å²) >= 11 is 3.19. The number of aliphatic imine (C=N–C) groups is 1. The van der Waals surface area contributed by atoms with Gasteiger partial charge in [0.1, 0.15) is 6.61 Å². The molecule has 0 radical (unpaired) electrons. The Morgan fingerprint density at radius 1 is 1.32 bits per heavy atom.